The fraction of sp³-hybridized carbons (Fsp3) is 0.889. The van der Waals surface area contributed by atoms with Gasteiger partial charge in [-0.05, 0) is 0 Å². The van der Waals surface area contributed by atoms with Crippen molar-refractivity contribution in [3.8, 4) is 0 Å². The van der Waals surface area contributed by atoms with Crippen molar-refractivity contribution < 1.29 is 19.1 Å². The second-order valence-corrected chi connectivity index (χ2v) is 11.9. The first-order chi connectivity index (χ1) is 11.2. The monoisotopic (exact) mass is 401 g/mol. The number of hydrogen-bond donors (Lipinski definition) is 1. The SMILES string of the molecule is CC([Se][C@H]1[C@H]2CC[C@](C)(C2(C)C)C12CNC(=O)O2)C1CCC(=O)O1. The van der Waals surface area contributed by atoms with Gasteiger partial charge in [0, 0.05) is 0 Å². The van der Waals surface area contributed by atoms with Gasteiger partial charge in [0.05, 0.1) is 0 Å². The van der Waals surface area contributed by atoms with E-state index in [4.69, 9.17) is 9.47 Å². The third-order valence-electron chi connectivity index (χ3n) is 7.63. The molecule has 5 nitrogen and oxygen atoms in total. The van der Waals surface area contributed by atoms with Gasteiger partial charge in [0.15, 0.2) is 0 Å². The van der Waals surface area contributed by atoms with Crippen LogP contribution in [-0.4, -0.2) is 45.3 Å². The molecule has 134 valence electrons. The van der Waals surface area contributed by atoms with E-state index >= 15 is 0 Å². The first kappa shape index (κ1) is 16.7. The molecule has 0 radical (unpaired) electrons. The number of hydrogen-bond acceptors (Lipinski definition) is 4. The van der Waals surface area contributed by atoms with E-state index in [1.165, 1.54) is 6.42 Å². The average Bonchev–Trinajstić information content (AvgIpc) is 3.19. The van der Waals surface area contributed by atoms with Crippen molar-refractivity contribution in [1.82, 2.24) is 5.32 Å². The topological polar surface area (TPSA) is 64.6 Å². The third-order valence-corrected chi connectivity index (χ3v) is 11.3. The molecule has 1 spiro atoms. The minimum absolute atomic E-state index is 0.0162. The maximum absolute atomic E-state index is 12.0. The molecular formula is C18H27NO4Se. The molecule has 4 fully saturated rings. The molecule has 1 amide bonds. The number of cyclic esters (lactones) is 1. The molecule has 24 heavy (non-hydrogen) atoms. The van der Waals surface area contributed by atoms with Gasteiger partial charge in [0.1, 0.15) is 0 Å². The van der Waals surface area contributed by atoms with Crippen LogP contribution in [0.2, 0.25) is 9.63 Å². The van der Waals surface area contributed by atoms with Crippen LogP contribution in [0.4, 0.5) is 4.79 Å². The normalized spacial score (nSPS) is 46.9. The van der Waals surface area contributed by atoms with E-state index in [-0.39, 0.29) is 49.6 Å². The molecule has 4 aliphatic rings. The van der Waals surface area contributed by atoms with Crippen LogP contribution >= 0.6 is 0 Å². The summed E-state index contributed by atoms with van der Waals surface area (Å²) in [6, 6.07) is 0. The van der Waals surface area contributed by atoms with Crippen LogP contribution < -0.4 is 5.32 Å². The van der Waals surface area contributed by atoms with Crippen LogP contribution in [0.5, 0.6) is 0 Å². The molecule has 6 atom stereocenters. The van der Waals surface area contributed by atoms with Crippen LogP contribution in [0.1, 0.15) is 53.4 Å². The first-order valence-corrected chi connectivity index (χ1v) is 11.0. The number of carbonyl (C=O) groups is 2. The summed E-state index contributed by atoms with van der Waals surface area (Å²) in [6.45, 7) is 9.88. The number of ether oxygens (including phenoxy) is 2. The van der Waals surface area contributed by atoms with Crippen molar-refractivity contribution in [3.63, 3.8) is 0 Å². The zero-order chi connectivity index (χ0) is 17.3. The van der Waals surface area contributed by atoms with E-state index in [2.05, 4.69) is 33.0 Å². The summed E-state index contributed by atoms with van der Waals surface area (Å²) >= 11 is 0.266. The Labute approximate surface area is 149 Å². The van der Waals surface area contributed by atoms with Crippen LogP contribution in [-0.2, 0) is 14.3 Å². The number of fused-ring (bicyclic) bond motifs is 3. The molecule has 2 heterocycles. The summed E-state index contributed by atoms with van der Waals surface area (Å²) in [4.78, 5) is 24.2. The van der Waals surface area contributed by atoms with Gasteiger partial charge in [-0.2, -0.15) is 0 Å². The Morgan fingerprint density at radius 2 is 2.00 bits per heavy atom. The zero-order valence-corrected chi connectivity index (χ0v) is 16.6. The van der Waals surface area contributed by atoms with E-state index in [1.54, 1.807) is 0 Å². The van der Waals surface area contributed by atoms with Gasteiger partial charge >= 0.3 is 149 Å². The molecule has 3 unspecified atom stereocenters. The van der Waals surface area contributed by atoms with Crippen molar-refractivity contribution in [2.45, 2.75) is 74.7 Å². The molecule has 4 rings (SSSR count). The number of nitrogens with one attached hydrogen (secondary N) is 1. The fourth-order valence-electron chi connectivity index (χ4n) is 5.77. The van der Waals surface area contributed by atoms with E-state index in [0.717, 1.165) is 12.8 Å². The molecule has 0 aromatic rings. The van der Waals surface area contributed by atoms with E-state index in [9.17, 15) is 9.59 Å². The number of carbonyl (C=O) groups excluding carboxylic acids is 2. The molecule has 6 heteroatoms. The summed E-state index contributed by atoms with van der Waals surface area (Å²) in [5, 5.41) is 2.94. The average molecular weight is 400 g/mol. The Balaban J connectivity index is 1.64. The molecule has 1 N–H and O–H groups in total. The number of alkyl carbamates (subject to hydrolysis) is 1. The summed E-state index contributed by atoms with van der Waals surface area (Å²) in [5.74, 6) is 0.515. The molecule has 2 bridgehead atoms. The summed E-state index contributed by atoms with van der Waals surface area (Å²) < 4.78 is 11.6. The van der Waals surface area contributed by atoms with Crippen LogP contribution in [0.15, 0.2) is 0 Å². The molecule has 2 saturated carbocycles. The fourth-order valence-corrected chi connectivity index (χ4v) is 10.2. The van der Waals surface area contributed by atoms with Gasteiger partial charge in [-0.15, -0.1) is 0 Å². The maximum atomic E-state index is 12.0. The van der Waals surface area contributed by atoms with Crippen molar-refractivity contribution in [2.75, 3.05) is 6.54 Å². The molecule has 2 aliphatic heterocycles. The second kappa shape index (κ2) is 5.14. The predicted octanol–water partition coefficient (Wildman–Crippen LogP) is 2.93. The first-order valence-electron chi connectivity index (χ1n) is 9.03. The van der Waals surface area contributed by atoms with E-state index < -0.39 is 0 Å². The van der Waals surface area contributed by atoms with Gasteiger partial charge in [-0.3, -0.25) is 0 Å². The minimum atomic E-state index is -0.382. The van der Waals surface area contributed by atoms with Crippen molar-refractivity contribution in [1.29, 1.82) is 0 Å². The Morgan fingerprint density at radius 1 is 1.25 bits per heavy atom. The summed E-state index contributed by atoms with van der Waals surface area (Å²) in [6.07, 6.45) is 3.51. The van der Waals surface area contributed by atoms with E-state index in [0.29, 0.717) is 28.5 Å². The summed E-state index contributed by atoms with van der Waals surface area (Å²) in [7, 11) is 0. The molecule has 0 aromatic carbocycles. The number of rotatable bonds is 3. The predicted molar refractivity (Wildman–Crippen MR) is 89.9 cm³/mol. The Hall–Kier alpha value is -0.741. The van der Waals surface area contributed by atoms with Crippen molar-refractivity contribution in [2.24, 2.45) is 16.7 Å². The van der Waals surface area contributed by atoms with E-state index in [1.807, 2.05) is 0 Å². The number of esters is 1. The zero-order valence-electron chi connectivity index (χ0n) is 14.9. The van der Waals surface area contributed by atoms with Crippen LogP contribution in [0, 0.1) is 16.7 Å². The summed E-state index contributed by atoms with van der Waals surface area (Å²) in [5.41, 5.74) is -0.201. The Bertz CT molecular complexity index is 594. The van der Waals surface area contributed by atoms with Gasteiger partial charge in [-0.1, -0.05) is 0 Å². The van der Waals surface area contributed by atoms with Crippen molar-refractivity contribution >= 4 is 27.0 Å². The standard InChI is InChI=1S/C18H27NO4Se/c1-10(12-5-6-13(20)22-12)24-14-11-7-8-17(4,16(11,2)3)18(14)9-19-15(21)23-18/h10-12,14H,5-9H2,1-4H3,(H,19,21)/t10?,11-,12?,14+,17-,18?/m1/s1. The molecule has 2 aliphatic carbocycles. The van der Waals surface area contributed by atoms with Gasteiger partial charge in [-0.25, -0.2) is 0 Å². The van der Waals surface area contributed by atoms with Crippen LogP contribution in [0.3, 0.4) is 0 Å². The van der Waals surface area contributed by atoms with Gasteiger partial charge in [0.2, 0.25) is 0 Å². The molecular weight excluding hydrogens is 373 g/mol. The number of amides is 1. The molecule has 0 aromatic heterocycles. The Morgan fingerprint density at radius 3 is 2.58 bits per heavy atom. The van der Waals surface area contributed by atoms with Gasteiger partial charge < -0.3 is 0 Å². The quantitative estimate of drug-likeness (QED) is 0.585. The van der Waals surface area contributed by atoms with Gasteiger partial charge in [0.25, 0.3) is 0 Å². The third kappa shape index (κ3) is 1.93. The Kier molecular flexibility index (Phi) is 3.58. The van der Waals surface area contributed by atoms with Crippen molar-refractivity contribution in [3.05, 3.63) is 0 Å². The second-order valence-electron chi connectivity index (χ2n) is 8.66. The van der Waals surface area contributed by atoms with Crippen LogP contribution in [0.25, 0.3) is 0 Å². The molecule has 2 saturated heterocycles.